The first-order chi connectivity index (χ1) is 28.7. The largest absolute Gasteiger partial charge is 0.310 e. The van der Waals surface area contributed by atoms with Gasteiger partial charge in [0.2, 0.25) is 0 Å². The third-order valence-corrected chi connectivity index (χ3v) is 11.9. The first-order valence-corrected chi connectivity index (χ1v) is 20.2. The number of nitrogens with zero attached hydrogens (tertiary/aromatic N) is 2. The van der Waals surface area contributed by atoms with Crippen LogP contribution in [0.15, 0.2) is 212 Å². The highest BCUT2D eigenvalue weighted by Crippen LogP contribution is 2.41. The van der Waals surface area contributed by atoms with Crippen LogP contribution in [0.5, 0.6) is 0 Å². The minimum atomic E-state index is 1.04. The summed E-state index contributed by atoms with van der Waals surface area (Å²) in [6.45, 7) is 0. The summed E-state index contributed by atoms with van der Waals surface area (Å²) < 4.78 is 2.39. The summed E-state index contributed by atoms with van der Waals surface area (Å²) in [6.07, 6.45) is 4.49. The Kier molecular flexibility index (Phi) is 8.33. The van der Waals surface area contributed by atoms with E-state index in [1.165, 1.54) is 71.5 Å². The Morgan fingerprint density at radius 1 is 0.379 bits per heavy atom. The lowest BCUT2D eigenvalue weighted by atomic mass is 9.89. The van der Waals surface area contributed by atoms with Crippen LogP contribution in [0.4, 0.5) is 17.1 Å². The molecule has 0 fully saturated rings. The van der Waals surface area contributed by atoms with E-state index in [2.05, 4.69) is 228 Å². The molecule has 2 nitrogen and oxygen atoms in total. The second kappa shape index (κ2) is 14.3. The Bertz CT molecular complexity index is 3120. The van der Waals surface area contributed by atoms with Crippen LogP contribution in [0.2, 0.25) is 0 Å². The molecule has 11 rings (SSSR count). The van der Waals surface area contributed by atoms with E-state index in [-0.39, 0.29) is 0 Å². The Morgan fingerprint density at radius 3 is 1.74 bits per heavy atom. The van der Waals surface area contributed by atoms with Crippen LogP contribution in [0.1, 0.15) is 23.1 Å². The fraction of sp³-hybridized carbons (Fsp3) is 0.0357. The lowest BCUT2D eigenvalue weighted by molar-refractivity contribution is 1.00. The average molecular weight is 741 g/mol. The third kappa shape index (κ3) is 5.98. The van der Waals surface area contributed by atoms with E-state index >= 15 is 0 Å². The number of aryl methyl sites for hydroxylation is 1. The maximum absolute atomic E-state index is 2.41. The number of allylic oxidation sites excluding steroid dienone is 1. The highest BCUT2D eigenvalue weighted by Gasteiger charge is 2.18. The zero-order valence-corrected chi connectivity index (χ0v) is 32.1. The fourth-order valence-electron chi connectivity index (χ4n) is 9.07. The number of hydrogen-bond donors (Lipinski definition) is 0. The molecule has 0 amide bonds. The maximum atomic E-state index is 2.41. The van der Waals surface area contributed by atoms with Gasteiger partial charge in [-0.25, -0.2) is 0 Å². The molecule has 0 saturated carbocycles. The maximum Gasteiger partial charge on any atom is 0.0541 e. The molecule has 1 heterocycles. The van der Waals surface area contributed by atoms with Crippen molar-refractivity contribution in [1.82, 2.24) is 4.57 Å². The van der Waals surface area contributed by atoms with Gasteiger partial charge in [0.25, 0.3) is 0 Å². The van der Waals surface area contributed by atoms with Crippen molar-refractivity contribution in [1.29, 1.82) is 0 Å². The van der Waals surface area contributed by atoms with Crippen LogP contribution in [0.25, 0.3) is 72.2 Å². The van der Waals surface area contributed by atoms with E-state index in [1.54, 1.807) is 0 Å². The van der Waals surface area contributed by atoms with Gasteiger partial charge in [0.1, 0.15) is 0 Å². The van der Waals surface area contributed by atoms with Gasteiger partial charge in [-0.1, -0.05) is 158 Å². The normalized spacial score (nSPS) is 12.4. The average Bonchev–Trinajstić information content (AvgIpc) is 3.64. The molecule has 2 heteroatoms. The van der Waals surface area contributed by atoms with Crippen molar-refractivity contribution in [2.75, 3.05) is 4.90 Å². The number of hydrogen-bond acceptors (Lipinski definition) is 1. The molecule has 0 bridgehead atoms. The van der Waals surface area contributed by atoms with Crippen molar-refractivity contribution in [2.45, 2.75) is 12.8 Å². The smallest absolute Gasteiger partial charge is 0.0541 e. The molecule has 0 N–H and O–H groups in total. The van der Waals surface area contributed by atoms with Crippen LogP contribution in [0.3, 0.4) is 0 Å². The van der Waals surface area contributed by atoms with E-state index in [1.807, 2.05) is 0 Å². The minimum absolute atomic E-state index is 1.04. The minimum Gasteiger partial charge on any atom is -0.310 e. The summed E-state index contributed by atoms with van der Waals surface area (Å²) in [4.78, 5) is 2.41. The first kappa shape index (κ1) is 33.9. The van der Waals surface area contributed by atoms with Crippen molar-refractivity contribution < 1.29 is 0 Å². The molecule has 58 heavy (non-hydrogen) atoms. The number of benzene rings is 9. The molecule has 0 radical (unpaired) electrons. The molecule has 9 aromatic carbocycles. The van der Waals surface area contributed by atoms with Crippen LogP contribution < -0.4 is 4.90 Å². The summed E-state index contributed by atoms with van der Waals surface area (Å²) in [6, 6.07) is 77.6. The summed E-state index contributed by atoms with van der Waals surface area (Å²) >= 11 is 0. The topological polar surface area (TPSA) is 8.17 Å². The molecule has 274 valence electrons. The lowest BCUT2D eigenvalue weighted by Crippen LogP contribution is -2.10. The van der Waals surface area contributed by atoms with Crippen molar-refractivity contribution in [3.63, 3.8) is 0 Å². The Labute approximate surface area is 339 Å². The van der Waals surface area contributed by atoms with Gasteiger partial charge in [0.15, 0.2) is 0 Å². The van der Waals surface area contributed by atoms with Crippen LogP contribution >= 0.6 is 0 Å². The van der Waals surface area contributed by atoms with E-state index in [0.717, 1.165) is 41.2 Å². The second-order valence-electron chi connectivity index (χ2n) is 15.3. The molecule has 1 aliphatic carbocycles. The molecular formula is C56H40N2. The van der Waals surface area contributed by atoms with Crippen LogP contribution in [0, 0.1) is 0 Å². The number of para-hydroxylation sites is 2. The number of aromatic nitrogens is 1. The summed E-state index contributed by atoms with van der Waals surface area (Å²) in [5.74, 6) is 0. The second-order valence-corrected chi connectivity index (χ2v) is 15.3. The predicted octanol–water partition coefficient (Wildman–Crippen LogP) is 15.2. The monoisotopic (exact) mass is 740 g/mol. The summed E-state index contributed by atoms with van der Waals surface area (Å²) in [5, 5.41) is 5.03. The van der Waals surface area contributed by atoms with Gasteiger partial charge in [-0.2, -0.15) is 0 Å². The summed E-state index contributed by atoms with van der Waals surface area (Å²) in [7, 11) is 0. The Morgan fingerprint density at radius 2 is 0.966 bits per heavy atom. The molecule has 0 atom stereocenters. The van der Waals surface area contributed by atoms with Crippen molar-refractivity contribution >= 4 is 61.3 Å². The highest BCUT2D eigenvalue weighted by molar-refractivity contribution is 6.09. The molecule has 1 aliphatic rings. The van der Waals surface area contributed by atoms with Gasteiger partial charge in [0, 0.05) is 33.5 Å². The van der Waals surface area contributed by atoms with Crippen molar-refractivity contribution in [3.8, 4) is 27.9 Å². The van der Waals surface area contributed by atoms with Gasteiger partial charge in [-0.15, -0.1) is 0 Å². The molecule has 1 aromatic heterocycles. The zero-order chi connectivity index (χ0) is 38.4. The molecule has 0 aliphatic heterocycles. The van der Waals surface area contributed by atoms with E-state index in [0.29, 0.717) is 0 Å². The van der Waals surface area contributed by atoms with Crippen LogP contribution in [-0.4, -0.2) is 4.57 Å². The molecule has 0 saturated heterocycles. The Hall–Kier alpha value is -7.42. The SMILES string of the molecule is C1=C(c2ccc(N(c3cccc(-c4cccc(-n5c6ccccc6c6ccccc65)c4)c3)c3cccc(-c4cccc5ccccc45)c3)cc2)CCc2ccccc21. The highest BCUT2D eigenvalue weighted by atomic mass is 15.1. The first-order valence-electron chi connectivity index (χ1n) is 20.2. The van der Waals surface area contributed by atoms with Gasteiger partial charge in [-0.3, -0.25) is 0 Å². The van der Waals surface area contributed by atoms with Gasteiger partial charge >= 0.3 is 0 Å². The standard InChI is InChI=1S/C56H40N2/c1-2-15-42-35-45(30-29-39(42)13-1)40-31-33-47(34-32-40)57(49-21-11-19-46(38-49)52-26-12-16-41-14-3-4-23-51(41)52)48-20-9-17-43(36-48)44-18-10-22-50(37-44)58-55-27-7-5-24-53(55)54-25-6-8-28-56(54)58/h1-28,31-38H,29-30H2. The van der Waals surface area contributed by atoms with Gasteiger partial charge in [-0.05, 0) is 129 Å². The van der Waals surface area contributed by atoms with E-state index in [9.17, 15) is 0 Å². The molecule has 0 unspecified atom stereocenters. The van der Waals surface area contributed by atoms with Crippen LogP contribution in [-0.2, 0) is 6.42 Å². The number of rotatable bonds is 7. The number of anilines is 3. The lowest BCUT2D eigenvalue weighted by Gasteiger charge is -2.27. The van der Waals surface area contributed by atoms with E-state index in [4.69, 9.17) is 0 Å². The van der Waals surface area contributed by atoms with Crippen molar-refractivity contribution in [2.24, 2.45) is 0 Å². The quantitative estimate of drug-likeness (QED) is 0.158. The number of fused-ring (bicyclic) bond motifs is 5. The van der Waals surface area contributed by atoms with Gasteiger partial charge < -0.3 is 9.47 Å². The fourth-order valence-corrected chi connectivity index (χ4v) is 9.07. The van der Waals surface area contributed by atoms with E-state index < -0.39 is 0 Å². The molecule has 10 aromatic rings. The molecule has 0 spiro atoms. The third-order valence-electron chi connectivity index (χ3n) is 11.9. The zero-order valence-electron chi connectivity index (χ0n) is 32.1. The summed E-state index contributed by atoms with van der Waals surface area (Å²) in [5.41, 5.74) is 17.1. The molecular weight excluding hydrogens is 701 g/mol. The predicted molar refractivity (Wildman–Crippen MR) is 246 cm³/mol. The van der Waals surface area contributed by atoms with Crippen molar-refractivity contribution in [3.05, 3.63) is 229 Å². The Balaban J connectivity index is 1.03. The van der Waals surface area contributed by atoms with Gasteiger partial charge in [0.05, 0.1) is 11.0 Å².